The third-order valence-electron chi connectivity index (χ3n) is 5.75. The van der Waals surface area contributed by atoms with Gasteiger partial charge in [-0.25, -0.2) is 0 Å². The second-order valence-corrected chi connectivity index (χ2v) is 6.71. The van der Waals surface area contributed by atoms with Gasteiger partial charge >= 0.3 is 0 Å². The zero-order valence-corrected chi connectivity index (χ0v) is 11.0. The molecule has 4 saturated carbocycles. The van der Waals surface area contributed by atoms with Gasteiger partial charge in [-0.05, 0) is 62.2 Å². The van der Waals surface area contributed by atoms with Gasteiger partial charge in [-0.1, -0.05) is 42.6 Å². The highest BCUT2D eigenvalue weighted by molar-refractivity contribution is 5.44. The van der Waals surface area contributed by atoms with Gasteiger partial charge < -0.3 is 0 Å². The van der Waals surface area contributed by atoms with E-state index in [1.54, 1.807) is 6.42 Å². The molecule has 0 aromatic rings. The second-order valence-electron chi connectivity index (χ2n) is 6.71. The molecule has 4 rings (SSSR count). The first kappa shape index (κ1) is 10.4. The van der Waals surface area contributed by atoms with E-state index in [9.17, 15) is 0 Å². The highest BCUT2D eigenvalue weighted by atomic mass is 14.6. The number of hydrogen-bond acceptors (Lipinski definition) is 0. The minimum Gasteiger partial charge on any atom is -0.0850 e. The van der Waals surface area contributed by atoms with Crippen molar-refractivity contribution in [3.05, 3.63) is 22.8 Å². The molecule has 0 amide bonds. The maximum absolute atomic E-state index is 2.53. The van der Waals surface area contributed by atoms with Crippen LogP contribution in [0.2, 0.25) is 0 Å². The molecular formula is C17H24. The van der Waals surface area contributed by atoms with Crippen LogP contribution in [0.25, 0.3) is 0 Å². The smallest absolute Gasteiger partial charge is 0.00996 e. The van der Waals surface area contributed by atoms with Crippen LogP contribution in [-0.4, -0.2) is 0 Å². The maximum atomic E-state index is 2.53. The number of allylic oxidation sites excluding steroid dienone is 4. The van der Waals surface area contributed by atoms with Gasteiger partial charge in [0, 0.05) is 0 Å². The van der Waals surface area contributed by atoms with Crippen LogP contribution in [0.4, 0.5) is 0 Å². The Kier molecular flexibility index (Phi) is 2.29. The van der Waals surface area contributed by atoms with Crippen molar-refractivity contribution in [2.75, 3.05) is 0 Å². The Morgan fingerprint density at radius 2 is 1.82 bits per heavy atom. The van der Waals surface area contributed by atoms with Gasteiger partial charge in [-0.15, -0.1) is 0 Å². The minimum atomic E-state index is 1.00. The first-order valence-corrected chi connectivity index (χ1v) is 7.80. The van der Waals surface area contributed by atoms with Crippen LogP contribution in [0.1, 0.15) is 58.3 Å². The highest BCUT2D eigenvalue weighted by Gasteiger charge is 2.51. The second kappa shape index (κ2) is 3.73. The average molecular weight is 228 g/mol. The van der Waals surface area contributed by atoms with Crippen LogP contribution in [0, 0.1) is 23.7 Å². The number of hydrogen-bond donors (Lipinski definition) is 0. The van der Waals surface area contributed by atoms with Crippen molar-refractivity contribution in [2.45, 2.75) is 58.3 Å². The zero-order valence-electron chi connectivity index (χ0n) is 11.0. The van der Waals surface area contributed by atoms with Crippen molar-refractivity contribution in [3.8, 4) is 0 Å². The van der Waals surface area contributed by atoms with E-state index in [0.717, 1.165) is 23.7 Å². The molecule has 4 aliphatic carbocycles. The Hall–Kier alpha value is -0.520. The summed E-state index contributed by atoms with van der Waals surface area (Å²) in [6, 6.07) is 0. The van der Waals surface area contributed by atoms with E-state index in [-0.39, 0.29) is 0 Å². The predicted molar refractivity (Wildman–Crippen MR) is 71.7 cm³/mol. The van der Waals surface area contributed by atoms with Crippen LogP contribution in [0.15, 0.2) is 22.8 Å². The molecule has 0 aromatic heterocycles. The lowest BCUT2D eigenvalue weighted by atomic mass is 9.66. The summed E-state index contributed by atoms with van der Waals surface area (Å²) in [5.74, 6) is 4.07. The molecule has 0 spiro atoms. The monoisotopic (exact) mass is 228 g/mol. The standard InChI is InChI=1S/C17H24/c1-2-5-11-9-16(15-10-14(11)15)17-12-6-3-4-7-13(17)8-12/h5,12-15H,2-4,6-10H2,1H3/b11-5+,17-16?. The summed E-state index contributed by atoms with van der Waals surface area (Å²) < 4.78 is 0. The normalized spacial score (nSPS) is 45.6. The molecule has 92 valence electrons. The fourth-order valence-electron chi connectivity index (χ4n) is 4.90. The van der Waals surface area contributed by atoms with Gasteiger partial charge in [-0.3, -0.25) is 0 Å². The molecule has 0 heterocycles. The van der Waals surface area contributed by atoms with Crippen molar-refractivity contribution in [1.82, 2.24) is 0 Å². The molecule has 4 aliphatic rings. The van der Waals surface area contributed by atoms with E-state index in [1.165, 1.54) is 44.9 Å². The summed E-state index contributed by atoms with van der Waals surface area (Å²) in [4.78, 5) is 0. The first-order chi connectivity index (χ1) is 8.38. The van der Waals surface area contributed by atoms with E-state index in [4.69, 9.17) is 0 Å². The Balaban J connectivity index is 1.65. The topological polar surface area (TPSA) is 0 Å². The van der Waals surface area contributed by atoms with Crippen molar-refractivity contribution in [1.29, 1.82) is 0 Å². The minimum absolute atomic E-state index is 1.00. The number of rotatable bonds is 1. The van der Waals surface area contributed by atoms with E-state index in [0.29, 0.717) is 0 Å². The lowest BCUT2D eigenvalue weighted by Gasteiger charge is -2.39. The maximum Gasteiger partial charge on any atom is -0.00996 e. The Bertz CT molecular complexity index is 380. The van der Waals surface area contributed by atoms with E-state index < -0.39 is 0 Å². The van der Waals surface area contributed by atoms with Gasteiger partial charge in [-0.2, -0.15) is 0 Å². The quantitative estimate of drug-likeness (QED) is 0.562. The van der Waals surface area contributed by atoms with Gasteiger partial charge in [0.15, 0.2) is 0 Å². The predicted octanol–water partition coefficient (Wildman–Crippen LogP) is 4.87. The molecule has 0 saturated heterocycles. The molecule has 0 aromatic carbocycles. The van der Waals surface area contributed by atoms with Crippen molar-refractivity contribution < 1.29 is 0 Å². The van der Waals surface area contributed by atoms with Crippen LogP contribution >= 0.6 is 0 Å². The summed E-state index contributed by atoms with van der Waals surface area (Å²) in [6.07, 6.45) is 14.2. The lowest BCUT2D eigenvalue weighted by molar-refractivity contribution is 0.313. The molecule has 0 N–H and O–H groups in total. The summed E-state index contributed by atoms with van der Waals surface area (Å²) in [6.45, 7) is 2.29. The molecule has 0 radical (unpaired) electrons. The van der Waals surface area contributed by atoms with Crippen LogP contribution in [0.5, 0.6) is 0 Å². The Morgan fingerprint density at radius 3 is 2.53 bits per heavy atom. The SMILES string of the molecule is CC/C=C1\CC(=C2C3CCCCC2C3)C2CC12. The van der Waals surface area contributed by atoms with E-state index in [2.05, 4.69) is 13.0 Å². The highest BCUT2D eigenvalue weighted by Crippen LogP contribution is 2.63. The summed E-state index contributed by atoms with van der Waals surface area (Å²) in [5, 5.41) is 0. The third kappa shape index (κ3) is 1.49. The van der Waals surface area contributed by atoms with Gasteiger partial charge in [0.2, 0.25) is 0 Å². The Morgan fingerprint density at radius 1 is 1.06 bits per heavy atom. The van der Waals surface area contributed by atoms with E-state index >= 15 is 0 Å². The molecular weight excluding hydrogens is 204 g/mol. The van der Waals surface area contributed by atoms with Crippen LogP contribution in [0.3, 0.4) is 0 Å². The average Bonchev–Trinajstić information content (AvgIpc) is 3.09. The first-order valence-electron chi connectivity index (χ1n) is 7.80. The van der Waals surface area contributed by atoms with Crippen LogP contribution in [-0.2, 0) is 0 Å². The fourth-order valence-corrected chi connectivity index (χ4v) is 4.90. The molecule has 17 heavy (non-hydrogen) atoms. The van der Waals surface area contributed by atoms with Crippen molar-refractivity contribution in [2.24, 2.45) is 23.7 Å². The fraction of sp³-hybridized carbons (Fsp3) is 0.765. The molecule has 0 heteroatoms. The number of fused-ring (bicyclic) bond motifs is 3. The largest absolute Gasteiger partial charge is 0.0850 e. The molecule has 0 nitrogen and oxygen atoms in total. The van der Waals surface area contributed by atoms with Crippen molar-refractivity contribution >= 4 is 0 Å². The zero-order chi connectivity index (χ0) is 11.4. The van der Waals surface area contributed by atoms with Gasteiger partial charge in [0.25, 0.3) is 0 Å². The molecule has 4 atom stereocenters. The lowest BCUT2D eigenvalue weighted by Crippen LogP contribution is -2.27. The molecule has 4 unspecified atom stereocenters. The summed E-state index contributed by atoms with van der Waals surface area (Å²) in [5.41, 5.74) is 5.73. The molecule has 4 fully saturated rings. The van der Waals surface area contributed by atoms with Crippen molar-refractivity contribution in [3.63, 3.8) is 0 Å². The van der Waals surface area contributed by atoms with E-state index in [1.807, 2.05) is 16.7 Å². The summed E-state index contributed by atoms with van der Waals surface area (Å²) >= 11 is 0. The third-order valence-corrected chi connectivity index (χ3v) is 5.75. The van der Waals surface area contributed by atoms with Gasteiger partial charge in [0.05, 0.1) is 0 Å². The summed E-state index contributed by atoms with van der Waals surface area (Å²) in [7, 11) is 0. The molecule has 0 aliphatic heterocycles. The Labute approximate surface area is 105 Å². The van der Waals surface area contributed by atoms with Crippen LogP contribution < -0.4 is 0 Å². The van der Waals surface area contributed by atoms with Gasteiger partial charge in [0.1, 0.15) is 0 Å². The molecule has 2 bridgehead atoms.